The summed E-state index contributed by atoms with van der Waals surface area (Å²) in [6.45, 7) is 2.93. The molecule has 34 heavy (non-hydrogen) atoms. The smallest absolute Gasteiger partial charge is 0.233 e. The number of para-hydroxylation sites is 1. The van der Waals surface area contributed by atoms with Crippen molar-refractivity contribution in [2.24, 2.45) is 0 Å². The minimum atomic E-state index is -0.232. The first-order valence-corrected chi connectivity index (χ1v) is 12.1. The highest BCUT2D eigenvalue weighted by atomic mass is 32.2. The number of aromatic nitrogens is 4. The van der Waals surface area contributed by atoms with Crippen LogP contribution >= 0.6 is 11.8 Å². The van der Waals surface area contributed by atoms with Crippen molar-refractivity contribution in [1.29, 1.82) is 0 Å². The molecular formula is C25H24FN6OS+. The van der Waals surface area contributed by atoms with E-state index in [1.165, 1.54) is 28.8 Å². The van der Waals surface area contributed by atoms with Crippen LogP contribution in [0.25, 0.3) is 17.1 Å². The fourth-order valence-corrected chi connectivity index (χ4v) is 4.93. The number of benzene rings is 2. The molecule has 1 amide bonds. The number of halogens is 1. The van der Waals surface area contributed by atoms with Crippen LogP contribution in [-0.2, 0) is 4.79 Å². The number of hydrogen-bond donors (Lipinski definition) is 1. The number of quaternary nitrogens is 1. The molecule has 1 aliphatic heterocycles. The predicted molar refractivity (Wildman–Crippen MR) is 129 cm³/mol. The quantitative estimate of drug-likeness (QED) is 0.434. The lowest BCUT2D eigenvalue weighted by Gasteiger charge is -2.31. The third-order valence-corrected chi connectivity index (χ3v) is 6.78. The van der Waals surface area contributed by atoms with Crippen molar-refractivity contribution >= 4 is 23.4 Å². The molecule has 5 rings (SSSR count). The second kappa shape index (κ2) is 10.1. The molecule has 1 saturated heterocycles. The standard InChI is InChI=1S/C25H23FN6OS/c26-20-8-10-21(11-9-20)30-13-15-31(16-14-30)23(33)18-34-25-29-28-24(19-5-4-12-27-17-19)32(25)22-6-2-1-3-7-22/h1-12,17H,13-16,18H2/p+1. The number of thioether (sulfide) groups is 1. The summed E-state index contributed by atoms with van der Waals surface area (Å²) in [4.78, 5) is 20.3. The van der Waals surface area contributed by atoms with Gasteiger partial charge in [-0.1, -0.05) is 30.0 Å². The van der Waals surface area contributed by atoms with E-state index in [2.05, 4.69) is 15.2 Å². The fraction of sp³-hybridized carbons (Fsp3) is 0.200. The van der Waals surface area contributed by atoms with Crippen LogP contribution in [-0.4, -0.2) is 62.5 Å². The molecule has 9 heteroatoms. The average molecular weight is 476 g/mol. The van der Waals surface area contributed by atoms with E-state index in [4.69, 9.17) is 0 Å². The van der Waals surface area contributed by atoms with Crippen LogP contribution in [0.3, 0.4) is 0 Å². The van der Waals surface area contributed by atoms with Crippen LogP contribution in [0.2, 0.25) is 0 Å². The van der Waals surface area contributed by atoms with Crippen LogP contribution in [0.5, 0.6) is 0 Å². The molecule has 3 heterocycles. The minimum absolute atomic E-state index is 0.0775. The van der Waals surface area contributed by atoms with E-state index in [9.17, 15) is 9.18 Å². The van der Waals surface area contributed by atoms with Gasteiger partial charge in [-0.15, -0.1) is 10.2 Å². The summed E-state index contributed by atoms with van der Waals surface area (Å²) >= 11 is 1.39. The Labute approximate surface area is 201 Å². The van der Waals surface area contributed by atoms with Gasteiger partial charge in [-0.2, -0.15) is 0 Å². The Balaban J connectivity index is 1.27. The summed E-state index contributed by atoms with van der Waals surface area (Å²) in [5.74, 6) is 0.813. The number of piperazine rings is 1. The second-order valence-corrected chi connectivity index (χ2v) is 8.94. The van der Waals surface area contributed by atoms with Crippen molar-refractivity contribution in [2.75, 3.05) is 31.9 Å². The van der Waals surface area contributed by atoms with E-state index in [0.29, 0.717) is 24.1 Å². The molecule has 0 spiro atoms. The number of nitrogens with one attached hydrogen (secondary N) is 1. The number of hydrogen-bond acceptors (Lipinski definition) is 5. The van der Waals surface area contributed by atoms with Gasteiger partial charge < -0.3 is 4.90 Å². The molecule has 0 unspecified atom stereocenters. The SMILES string of the molecule is O=C(CSc1nnc(-c2cccnc2)n1-c1ccccc1)N1CC[NH+](c2ccc(F)cc2)CC1. The van der Waals surface area contributed by atoms with Crippen molar-refractivity contribution in [1.82, 2.24) is 24.6 Å². The average Bonchev–Trinajstić information content (AvgIpc) is 3.33. The maximum absolute atomic E-state index is 13.2. The molecule has 0 radical (unpaired) electrons. The summed E-state index contributed by atoms with van der Waals surface area (Å²) in [6, 6.07) is 20.3. The van der Waals surface area contributed by atoms with Crippen LogP contribution < -0.4 is 4.90 Å². The van der Waals surface area contributed by atoms with Crippen molar-refractivity contribution in [2.45, 2.75) is 5.16 Å². The van der Waals surface area contributed by atoms with Crippen molar-refractivity contribution in [3.05, 3.63) is 84.9 Å². The lowest BCUT2D eigenvalue weighted by Crippen LogP contribution is -3.10. The number of nitrogens with zero attached hydrogens (tertiary/aromatic N) is 5. The van der Waals surface area contributed by atoms with Crippen molar-refractivity contribution < 1.29 is 14.1 Å². The van der Waals surface area contributed by atoms with E-state index in [-0.39, 0.29) is 17.5 Å². The maximum atomic E-state index is 13.2. The summed E-state index contributed by atoms with van der Waals surface area (Å²) in [7, 11) is 0. The molecule has 1 fully saturated rings. The highest BCUT2D eigenvalue weighted by Crippen LogP contribution is 2.27. The Bertz CT molecular complexity index is 1240. The first-order chi connectivity index (χ1) is 16.7. The minimum Gasteiger partial charge on any atom is -0.331 e. The molecule has 1 N–H and O–H groups in total. The Morgan fingerprint density at radius 2 is 1.74 bits per heavy atom. The van der Waals surface area contributed by atoms with Crippen LogP contribution in [0.4, 0.5) is 10.1 Å². The lowest BCUT2D eigenvalue weighted by atomic mass is 10.2. The first kappa shape index (κ1) is 22.2. The first-order valence-electron chi connectivity index (χ1n) is 11.1. The molecule has 172 valence electrons. The molecule has 7 nitrogen and oxygen atoms in total. The van der Waals surface area contributed by atoms with E-state index in [1.54, 1.807) is 12.4 Å². The normalized spacial score (nSPS) is 14.3. The summed E-state index contributed by atoms with van der Waals surface area (Å²) < 4.78 is 15.2. The van der Waals surface area contributed by atoms with Gasteiger partial charge in [0.25, 0.3) is 0 Å². The van der Waals surface area contributed by atoms with Gasteiger partial charge in [0, 0.05) is 35.8 Å². The Morgan fingerprint density at radius 3 is 2.44 bits per heavy atom. The zero-order chi connectivity index (χ0) is 23.3. The molecule has 2 aromatic carbocycles. The maximum Gasteiger partial charge on any atom is 0.233 e. The molecule has 0 saturated carbocycles. The highest BCUT2D eigenvalue weighted by Gasteiger charge is 2.26. The number of rotatable bonds is 6. The molecule has 0 aliphatic carbocycles. The Hall–Kier alpha value is -3.56. The van der Waals surface area contributed by atoms with E-state index < -0.39 is 0 Å². The van der Waals surface area contributed by atoms with Crippen molar-refractivity contribution in [3.8, 4) is 17.1 Å². The molecular weight excluding hydrogens is 451 g/mol. The summed E-state index contributed by atoms with van der Waals surface area (Å²) in [5.41, 5.74) is 2.84. The highest BCUT2D eigenvalue weighted by molar-refractivity contribution is 7.99. The number of carbonyl (C=O) groups excluding carboxylic acids is 1. The van der Waals surface area contributed by atoms with Gasteiger partial charge in [-0.25, -0.2) is 4.39 Å². The molecule has 2 aromatic heterocycles. The largest absolute Gasteiger partial charge is 0.331 e. The van der Waals surface area contributed by atoms with Crippen LogP contribution in [0.15, 0.2) is 84.3 Å². The summed E-state index contributed by atoms with van der Waals surface area (Å²) in [6.07, 6.45) is 3.48. The zero-order valence-corrected chi connectivity index (χ0v) is 19.3. The van der Waals surface area contributed by atoms with Gasteiger partial charge >= 0.3 is 0 Å². The van der Waals surface area contributed by atoms with E-state index >= 15 is 0 Å². The molecule has 0 atom stereocenters. The van der Waals surface area contributed by atoms with E-state index in [1.807, 2.05) is 64.1 Å². The van der Waals surface area contributed by atoms with Gasteiger partial charge in [0.2, 0.25) is 5.91 Å². The van der Waals surface area contributed by atoms with Gasteiger partial charge in [-0.05, 0) is 36.4 Å². The fourth-order valence-electron chi connectivity index (χ4n) is 4.07. The van der Waals surface area contributed by atoms with Gasteiger partial charge in [0.05, 0.1) is 31.9 Å². The number of carbonyl (C=O) groups is 1. The van der Waals surface area contributed by atoms with Gasteiger partial charge in [-0.3, -0.25) is 19.2 Å². The lowest BCUT2D eigenvalue weighted by molar-refractivity contribution is -0.837. The number of pyridine rings is 1. The van der Waals surface area contributed by atoms with Gasteiger partial charge in [0.15, 0.2) is 11.0 Å². The third kappa shape index (κ3) is 4.85. The predicted octanol–water partition coefficient (Wildman–Crippen LogP) is 2.62. The molecule has 1 aliphatic rings. The zero-order valence-electron chi connectivity index (χ0n) is 18.5. The van der Waals surface area contributed by atoms with Crippen molar-refractivity contribution in [3.63, 3.8) is 0 Å². The molecule has 0 bridgehead atoms. The van der Waals surface area contributed by atoms with Gasteiger partial charge in [0.1, 0.15) is 11.5 Å². The summed E-state index contributed by atoms with van der Waals surface area (Å²) in [5, 5.41) is 9.45. The molecule has 4 aromatic rings. The monoisotopic (exact) mass is 475 g/mol. The Kier molecular flexibility index (Phi) is 6.64. The van der Waals surface area contributed by atoms with Crippen LogP contribution in [0, 0.1) is 5.82 Å². The Morgan fingerprint density at radius 1 is 0.971 bits per heavy atom. The number of amides is 1. The van der Waals surface area contributed by atoms with Crippen LogP contribution in [0.1, 0.15) is 0 Å². The second-order valence-electron chi connectivity index (χ2n) is 8.00. The third-order valence-electron chi connectivity index (χ3n) is 5.86. The van der Waals surface area contributed by atoms with E-state index in [0.717, 1.165) is 30.0 Å². The topological polar surface area (TPSA) is 68.4 Å².